The lowest BCUT2D eigenvalue weighted by Crippen LogP contribution is -2.51. The van der Waals surface area contributed by atoms with Crippen LogP contribution in [-0.2, 0) is 6.54 Å². The number of nitrogens with zero attached hydrogens (tertiary/aromatic N) is 4. The van der Waals surface area contributed by atoms with Gasteiger partial charge in [-0.1, -0.05) is 16.8 Å². The lowest BCUT2D eigenvalue weighted by Gasteiger charge is -2.36. The van der Waals surface area contributed by atoms with E-state index in [2.05, 4.69) is 19.9 Å². The highest BCUT2D eigenvalue weighted by molar-refractivity contribution is 6.30. The molecule has 1 aromatic heterocycles. The van der Waals surface area contributed by atoms with Crippen LogP contribution < -0.4 is 10.6 Å². The second-order valence-corrected chi connectivity index (χ2v) is 6.36. The first-order valence-corrected chi connectivity index (χ1v) is 8.39. The van der Waals surface area contributed by atoms with Gasteiger partial charge in [0, 0.05) is 42.5 Å². The number of nitrogens with two attached hydrogens (primary N) is 1. The van der Waals surface area contributed by atoms with Gasteiger partial charge in [-0.2, -0.15) is 0 Å². The number of aliphatic imine (C=N–C) groups is 1. The highest BCUT2D eigenvalue weighted by Gasteiger charge is 2.19. The summed E-state index contributed by atoms with van der Waals surface area (Å²) < 4.78 is 5.15. The lowest BCUT2D eigenvalue weighted by atomic mass is 10.2. The molecule has 0 unspecified atom stereocenters. The summed E-state index contributed by atoms with van der Waals surface area (Å²) in [6, 6.07) is 7.94. The minimum absolute atomic E-state index is 0.504. The molecular weight excluding hydrogens is 326 g/mol. The monoisotopic (exact) mass is 347 g/mol. The Bertz CT molecular complexity index is 698. The molecule has 0 bridgehead atoms. The summed E-state index contributed by atoms with van der Waals surface area (Å²) in [6.45, 7) is 7.82. The molecule has 6 nitrogen and oxygen atoms in total. The summed E-state index contributed by atoms with van der Waals surface area (Å²) in [5.74, 6) is 1.38. The Hall–Kier alpha value is -2.21. The number of hydrogen-bond acceptors (Lipinski definition) is 4. The first-order valence-electron chi connectivity index (χ1n) is 8.01. The molecule has 0 spiro atoms. The molecule has 128 valence electrons. The number of benzene rings is 1. The first-order chi connectivity index (χ1) is 11.5. The zero-order chi connectivity index (χ0) is 17.1. The maximum Gasteiger partial charge on any atom is 0.191 e. The van der Waals surface area contributed by atoms with Crippen LogP contribution in [0.5, 0.6) is 0 Å². The van der Waals surface area contributed by atoms with Gasteiger partial charge < -0.3 is 20.1 Å². The number of anilines is 1. The molecule has 1 aliphatic heterocycles. The first kappa shape index (κ1) is 16.6. The van der Waals surface area contributed by atoms with E-state index in [-0.39, 0.29) is 0 Å². The largest absolute Gasteiger partial charge is 0.370 e. The highest BCUT2D eigenvalue weighted by Crippen LogP contribution is 2.19. The standard InChI is InChI=1S/C17H22ClN5O/c1-12-16(13(2)24-21-12)11-20-17(19)23-9-7-22(8-10-23)15-5-3-14(18)4-6-15/h3-6H,7-11H2,1-2H3,(H2,19,20). The number of aromatic nitrogens is 1. The Kier molecular flexibility index (Phi) is 4.94. The van der Waals surface area contributed by atoms with Gasteiger partial charge in [-0.05, 0) is 38.1 Å². The summed E-state index contributed by atoms with van der Waals surface area (Å²) in [7, 11) is 0. The Morgan fingerprint density at radius 1 is 1.21 bits per heavy atom. The topological polar surface area (TPSA) is 70.9 Å². The van der Waals surface area contributed by atoms with Crippen molar-refractivity contribution < 1.29 is 4.52 Å². The number of aryl methyl sites for hydroxylation is 2. The lowest BCUT2D eigenvalue weighted by molar-refractivity contribution is 0.380. The number of rotatable bonds is 3. The van der Waals surface area contributed by atoms with Crippen LogP contribution in [0.1, 0.15) is 17.0 Å². The van der Waals surface area contributed by atoms with Crippen LogP contribution in [0.4, 0.5) is 5.69 Å². The SMILES string of the molecule is Cc1noc(C)c1CN=C(N)N1CCN(c2ccc(Cl)cc2)CC1. The van der Waals surface area contributed by atoms with E-state index < -0.39 is 0 Å². The van der Waals surface area contributed by atoms with E-state index in [4.69, 9.17) is 21.9 Å². The van der Waals surface area contributed by atoms with Gasteiger partial charge in [-0.15, -0.1) is 0 Å². The fourth-order valence-electron chi connectivity index (χ4n) is 2.83. The number of piperazine rings is 1. The molecule has 0 amide bonds. The van der Waals surface area contributed by atoms with Crippen molar-refractivity contribution in [2.24, 2.45) is 10.7 Å². The van der Waals surface area contributed by atoms with Gasteiger partial charge in [-0.3, -0.25) is 0 Å². The third-order valence-corrected chi connectivity index (χ3v) is 4.63. The molecule has 0 radical (unpaired) electrons. The Morgan fingerprint density at radius 3 is 2.46 bits per heavy atom. The van der Waals surface area contributed by atoms with Crippen molar-refractivity contribution in [2.45, 2.75) is 20.4 Å². The van der Waals surface area contributed by atoms with E-state index >= 15 is 0 Å². The van der Waals surface area contributed by atoms with Crippen molar-refractivity contribution in [3.05, 3.63) is 46.3 Å². The Balaban J connectivity index is 1.57. The van der Waals surface area contributed by atoms with Crippen LogP contribution in [-0.4, -0.2) is 42.2 Å². The summed E-state index contributed by atoms with van der Waals surface area (Å²) in [4.78, 5) is 8.95. The number of hydrogen-bond donors (Lipinski definition) is 1. The summed E-state index contributed by atoms with van der Waals surface area (Å²) in [5.41, 5.74) is 9.23. The minimum Gasteiger partial charge on any atom is -0.370 e. The molecular formula is C17H22ClN5O. The molecule has 24 heavy (non-hydrogen) atoms. The fraction of sp³-hybridized carbons (Fsp3) is 0.412. The van der Waals surface area contributed by atoms with E-state index in [1.54, 1.807) is 0 Å². The molecule has 0 saturated carbocycles. The predicted molar refractivity (Wildman–Crippen MR) is 96.5 cm³/mol. The van der Waals surface area contributed by atoms with Crippen LogP contribution in [0.15, 0.2) is 33.8 Å². The quantitative estimate of drug-likeness (QED) is 0.682. The van der Waals surface area contributed by atoms with Gasteiger partial charge in [0.05, 0.1) is 12.2 Å². The summed E-state index contributed by atoms with van der Waals surface area (Å²) in [6.07, 6.45) is 0. The normalized spacial score (nSPS) is 15.9. The third kappa shape index (κ3) is 3.64. The van der Waals surface area contributed by atoms with Crippen LogP contribution in [0, 0.1) is 13.8 Å². The predicted octanol–water partition coefficient (Wildman–Crippen LogP) is 2.58. The van der Waals surface area contributed by atoms with E-state index in [9.17, 15) is 0 Å². The molecule has 2 N–H and O–H groups in total. The molecule has 1 fully saturated rings. The van der Waals surface area contributed by atoms with Crippen molar-refractivity contribution in [3.8, 4) is 0 Å². The average molecular weight is 348 g/mol. The zero-order valence-electron chi connectivity index (χ0n) is 14.0. The highest BCUT2D eigenvalue weighted by atomic mass is 35.5. The van der Waals surface area contributed by atoms with E-state index in [0.29, 0.717) is 12.5 Å². The van der Waals surface area contributed by atoms with Crippen LogP contribution in [0.3, 0.4) is 0 Å². The second kappa shape index (κ2) is 7.13. The molecule has 3 rings (SSSR count). The van der Waals surface area contributed by atoms with Crippen LogP contribution in [0.2, 0.25) is 5.02 Å². The minimum atomic E-state index is 0.504. The smallest absolute Gasteiger partial charge is 0.191 e. The fourth-order valence-corrected chi connectivity index (χ4v) is 2.96. The Labute approximate surface area is 146 Å². The van der Waals surface area contributed by atoms with Gasteiger partial charge >= 0.3 is 0 Å². The Morgan fingerprint density at radius 2 is 1.88 bits per heavy atom. The van der Waals surface area contributed by atoms with E-state index in [1.165, 1.54) is 5.69 Å². The maximum absolute atomic E-state index is 6.16. The molecule has 7 heteroatoms. The maximum atomic E-state index is 6.16. The molecule has 1 aromatic carbocycles. The van der Waals surface area contributed by atoms with Gasteiger partial charge in [0.15, 0.2) is 5.96 Å². The molecule has 2 aromatic rings. The zero-order valence-corrected chi connectivity index (χ0v) is 14.8. The third-order valence-electron chi connectivity index (χ3n) is 4.38. The number of halogens is 1. The van der Waals surface area contributed by atoms with Gasteiger partial charge in [0.1, 0.15) is 5.76 Å². The molecule has 2 heterocycles. The molecule has 0 aliphatic carbocycles. The van der Waals surface area contributed by atoms with E-state index in [1.807, 2.05) is 38.1 Å². The van der Waals surface area contributed by atoms with Crippen molar-refractivity contribution in [2.75, 3.05) is 31.1 Å². The van der Waals surface area contributed by atoms with Gasteiger partial charge in [-0.25, -0.2) is 4.99 Å². The number of guanidine groups is 1. The van der Waals surface area contributed by atoms with Gasteiger partial charge in [0.25, 0.3) is 0 Å². The van der Waals surface area contributed by atoms with Crippen molar-refractivity contribution in [3.63, 3.8) is 0 Å². The van der Waals surface area contributed by atoms with Crippen molar-refractivity contribution in [1.82, 2.24) is 10.1 Å². The second-order valence-electron chi connectivity index (χ2n) is 5.93. The van der Waals surface area contributed by atoms with E-state index in [0.717, 1.165) is 48.2 Å². The summed E-state index contributed by atoms with van der Waals surface area (Å²) >= 11 is 5.94. The van der Waals surface area contributed by atoms with Crippen LogP contribution >= 0.6 is 11.6 Å². The van der Waals surface area contributed by atoms with Gasteiger partial charge in [0.2, 0.25) is 0 Å². The van der Waals surface area contributed by atoms with Crippen LogP contribution in [0.25, 0.3) is 0 Å². The molecule has 0 atom stereocenters. The summed E-state index contributed by atoms with van der Waals surface area (Å²) in [5, 5.41) is 4.70. The molecule has 1 saturated heterocycles. The van der Waals surface area contributed by atoms with Crippen molar-refractivity contribution >= 4 is 23.2 Å². The average Bonchev–Trinajstić information content (AvgIpc) is 2.92. The molecule has 1 aliphatic rings. The van der Waals surface area contributed by atoms with Crippen molar-refractivity contribution in [1.29, 1.82) is 0 Å².